The summed E-state index contributed by atoms with van der Waals surface area (Å²) in [6, 6.07) is 14.3. The molecule has 0 bridgehead atoms. The van der Waals surface area contributed by atoms with E-state index in [1.165, 1.54) is 10.3 Å². The van der Waals surface area contributed by atoms with Crippen molar-refractivity contribution in [3.8, 4) is 0 Å². The number of benzene rings is 2. The van der Waals surface area contributed by atoms with Crippen molar-refractivity contribution in [2.75, 3.05) is 37.3 Å². The Hall–Kier alpha value is -2.05. The molecule has 1 aliphatic rings. The highest BCUT2D eigenvalue weighted by molar-refractivity contribution is 7.98. The van der Waals surface area contributed by atoms with E-state index in [-0.39, 0.29) is 5.91 Å². The Morgan fingerprint density at radius 1 is 1.07 bits per heavy atom. The molecule has 0 unspecified atom stereocenters. The number of hydrogen-bond acceptors (Lipinski definition) is 5. The van der Waals surface area contributed by atoms with Gasteiger partial charge in [-0.25, -0.2) is 4.98 Å². The van der Waals surface area contributed by atoms with Crippen LogP contribution in [0, 0.1) is 0 Å². The highest BCUT2D eigenvalue weighted by Gasteiger charge is 2.25. The maximum Gasteiger partial charge on any atom is 0.255 e. The minimum atomic E-state index is 0.135. The number of hydrogen-bond donors (Lipinski definition) is 0. The Morgan fingerprint density at radius 2 is 1.82 bits per heavy atom. The molecule has 3 aromatic rings. The second-order valence-corrected chi connectivity index (χ2v) is 9.18. The van der Waals surface area contributed by atoms with Crippen LogP contribution in [0.25, 0.3) is 10.2 Å². The summed E-state index contributed by atoms with van der Waals surface area (Å²) in [6.07, 6.45) is 2.02. The van der Waals surface area contributed by atoms with E-state index >= 15 is 0 Å². The number of carbonyl (C=O) groups excluding carboxylic acids is 1. The lowest BCUT2D eigenvalue weighted by Crippen LogP contribution is -2.48. The number of para-hydroxylation sites is 1. The van der Waals surface area contributed by atoms with Gasteiger partial charge in [-0.1, -0.05) is 49.4 Å². The fraction of sp³-hybridized carbons (Fsp3) is 0.364. The molecule has 0 radical (unpaired) electrons. The Kier molecular flexibility index (Phi) is 5.60. The monoisotopic (exact) mass is 411 g/mol. The molecule has 1 aromatic heterocycles. The number of fused-ring (bicyclic) bond motifs is 1. The summed E-state index contributed by atoms with van der Waals surface area (Å²) in [6.45, 7) is 7.53. The van der Waals surface area contributed by atoms with Crippen LogP contribution in [-0.2, 0) is 0 Å². The van der Waals surface area contributed by atoms with Crippen LogP contribution < -0.4 is 4.90 Å². The van der Waals surface area contributed by atoms with Crippen LogP contribution in [0.5, 0.6) is 0 Å². The molecule has 1 aliphatic heterocycles. The van der Waals surface area contributed by atoms with Crippen molar-refractivity contribution in [3.05, 3.63) is 53.6 Å². The number of aromatic nitrogens is 1. The lowest BCUT2D eigenvalue weighted by atomic mass is 10.0. The Labute approximate surface area is 174 Å². The van der Waals surface area contributed by atoms with Gasteiger partial charge in [0.2, 0.25) is 0 Å². The van der Waals surface area contributed by atoms with Gasteiger partial charge in [0.25, 0.3) is 5.91 Å². The molecule has 1 amide bonds. The molecule has 4 rings (SSSR count). The highest BCUT2D eigenvalue weighted by atomic mass is 32.2. The smallest absolute Gasteiger partial charge is 0.255 e. The molecular formula is C22H25N3OS2. The number of nitrogens with zero attached hydrogens (tertiary/aromatic N) is 3. The molecule has 2 aromatic carbocycles. The maximum absolute atomic E-state index is 13.0. The van der Waals surface area contributed by atoms with Crippen LogP contribution in [0.1, 0.15) is 35.7 Å². The van der Waals surface area contributed by atoms with Gasteiger partial charge in [-0.3, -0.25) is 4.79 Å². The van der Waals surface area contributed by atoms with E-state index < -0.39 is 0 Å². The Bertz CT molecular complexity index is 990. The summed E-state index contributed by atoms with van der Waals surface area (Å²) in [5.41, 5.74) is 3.25. The van der Waals surface area contributed by atoms with Gasteiger partial charge < -0.3 is 9.80 Å². The van der Waals surface area contributed by atoms with Crippen molar-refractivity contribution in [2.45, 2.75) is 24.7 Å². The summed E-state index contributed by atoms with van der Waals surface area (Å²) in [7, 11) is 0. The van der Waals surface area contributed by atoms with Crippen molar-refractivity contribution >= 4 is 44.4 Å². The number of anilines is 1. The van der Waals surface area contributed by atoms with Crippen molar-refractivity contribution in [1.29, 1.82) is 0 Å². The normalized spacial score (nSPS) is 14.9. The average Bonchev–Trinajstić information content (AvgIpc) is 3.17. The third-order valence-electron chi connectivity index (χ3n) is 5.24. The number of thioether (sulfide) groups is 1. The topological polar surface area (TPSA) is 36.4 Å². The standard InChI is InChI=1S/C22H25N3OS2/c1-15(2)16-8-6-10-19-20(16)23-22(28-19)25-13-11-24(12-14-25)21(26)17-7-4-5-9-18(17)27-3/h4-10,15H,11-14H2,1-3H3. The van der Waals surface area contributed by atoms with E-state index in [4.69, 9.17) is 4.98 Å². The molecule has 2 heterocycles. The van der Waals surface area contributed by atoms with Crippen LogP contribution in [0.3, 0.4) is 0 Å². The second kappa shape index (κ2) is 8.13. The molecule has 6 heteroatoms. The van der Waals surface area contributed by atoms with Gasteiger partial charge in [-0.05, 0) is 35.9 Å². The first kappa shape index (κ1) is 19.3. The lowest BCUT2D eigenvalue weighted by molar-refractivity contribution is 0.0743. The SMILES string of the molecule is CSc1ccccc1C(=O)N1CCN(c2nc3c(C(C)C)cccc3s2)CC1. The van der Waals surface area contributed by atoms with Crippen molar-refractivity contribution in [3.63, 3.8) is 0 Å². The Morgan fingerprint density at radius 3 is 2.54 bits per heavy atom. The van der Waals surface area contributed by atoms with E-state index in [2.05, 4.69) is 36.9 Å². The predicted octanol–water partition coefficient (Wildman–Crippen LogP) is 5.10. The third kappa shape index (κ3) is 3.63. The zero-order valence-corrected chi connectivity index (χ0v) is 18.1. The molecule has 1 fully saturated rings. The van der Waals surface area contributed by atoms with Crippen LogP contribution >= 0.6 is 23.1 Å². The zero-order valence-electron chi connectivity index (χ0n) is 16.5. The van der Waals surface area contributed by atoms with Crippen molar-refractivity contribution < 1.29 is 4.79 Å². The van der Waals surface area contributed by atoms with E-state index in [1.54, 1.807) is 23.1 Å². The molecule has 146 valence electrons. The third-order valence-corrected chi connectivity index (χ3v) is 7.11. The van der Waals surface area contributed by atoms with Gasteiger partial charge in [0.05, 0.1) is 15.8 Å². The van der Waals surface area contributed by atoms with Gasteiger partial charge in [-0.15, -0.1) is 11.8 Å². The van der Waals surface area contributed by atoms with Gasteiger partial charge in [-0.2, -0.15) is 0 Å². The minimum absolute atomic E-state index is 0.135. The second-order valence-electron chi connectivity index (χ2n) is 7.32. The van der Waals surface area contributed by atoms with Crippen molar-refractivity contribution in [1.82, 2.24) is 9.88 Å². The molecule has 0 aliphatic carbocycles. The van der Waals surface area contributed by atoms with Gasteiger partial charge >= 0.3 is 0 Å². The lowest BCUT2D eigenvalue weighted by Gasteiger charge is -2.34. The predicted molar refractivity (Wildman–Crippen MR) is 120 cm³/mol. The van der Waals surface area contributed by atoms with Crippen LogP contribution in [0.2, 0.25) is 0 Å². The van der Waals surface area contributed by atoms with E-state index in [0.717, 1.165) is 47.3 Å². The molecule has 0 saturated carbocycles. The Balaban J connectivity index is 1.49. The first-order chi connectivity index (χ1) is 13.6. The van der Waals surface area contributed by atoms with Crippen LogP contribution in [0.4, 0.5) is 5.13 Å². The summed E-state index contributed by atoms with van der Waals surface area (Å²) >= 11 is 3.38. The molecule has 0 spiro atoms. The van der Waals surface area contributed by atoms with Crippen LogP contribution in [0.15, 0.2) is 47.4 Å². The molecule has 28 heavy (non-hydrogen) atoms. The summed E-state index contributed by atoms with van der Waals surface area (Å²) < 4.78 is 1.24. The van der Waals surface area contributed by atoms with Crippen molar-refractivity contribution in [2.24, 2.45) is 0 Å². The fourth-order valence-corrected chi connectivity index (χ4v) is 5.29. The maximum atomic E-state index is 13.0. The number of carbonyl (C=O) groups is 1. The van der Waals surface area contributed by atoms with E-state index in [1.807, 2.05) is 35.4 Å². The molecule has 1 saturated heterocycles. The van der Waals surface area contributed by atoms with Gasteiger partial charge in [0.15, 0.2) is 5.13 Å². The largest absolute Gasteiger partial charge is 0.345 e. The first-order valence-corrected chi connectivity index (χ1v) is 11.7. The summed E-state index contributed by atoms with van der Waals surface area (Å²) in [4.78, 5) is 23.2. The number of piperazine rings is 1. The molecular weight excluding hydrogens is 386 g/mol. The van der Waals surface area contributed by atoms with E-state index in [9.17, 15) is 4.79 Å². The van der Waals surface area contributed by atoms with Crippen LogP contribution in [-0.4, -0.2) is 48.2 Å². The van der Waals surface area contributed by atoms with Gasteiger partial charge in [0.1, 0.15) is 0 Å². The molecule has 0 atom stereocenters. The molecule has 4 nitrogen and oxygen atoms in total. The number of amides is 1. The summed E-state index contributed by atoms with van der Waals surface area (Å²) in [5.74, 6) is 0.598. The highest BCUT2D eigenvalue weighted by Crippen LogP contribution is 2.34. The zero-order chi connectivity index (χ0) is 19.7. The fourth-order valence-electron chi connectivity index (χ4n) is 3.65. The molecule has 0 N–H and O–H groups in total. The van der Waals surface area contributed by atoms with Gasteiger partial charge in [0, 0.05) is 31.1 Å². The minimum Gasteiger partial charge on any atom is -0.345 e. The number of thiazole rings is 1. The average molecular weight is 412 g/mol. The number of rotatable bonds is 4. The summed E-state index contributed by atoms with van der Waals surface area (Å²) in [5, 5.41) is 1.07. The van der Waals surface area contributed by atoms with E-state index in [0.29, 0.717) is 5.92 Å². The first-order valence-electron chi connectivity index (χ1n) is 9.65. The quantitative estimate of drug-likeness (QED) is 0.560.